The smallest absolute Gasteiger partial charge is 0.258 e. The van der Waals surface area contributed by atoms with Crippen molar-refractivity contribution >= 4 is 23.2 Å². The fourth-order valence-electron chi connectivity index (χ4n) is 4.42. The molecule has 38 heavy (non-hydrogen) atoms. The Labute approximate surface area is 223 Å². The first-order chi connectivity index (χ1) is 18.5. The van der Waals surface area contributed by atoms with E-state index in [1.165, 1.54) is 0 Å². The topological polar surface area (TPSA) is 40.6 Å². The van der Waals surface area contributed by atoms with E-state index >= 15 is 0 Å². The van der Waals surface area contributed by atoms with Gasteiger partial charge in [0.25, 0.3) is 11.8 Å². The van der Waals surface area contributed by atoms with Gasteiger partial charge in [-0.25, -0.2) is 0 Å². The minimum atomic E-state index is -0.179. The summed E-state index contributed by atoms with van der Waals surface area (Å²) in [6, 6.07) is 42.9. The molecule has 0 saturated carbocycles. The van der Waals surface area contributed by atoms with Crippen LogP contribution in [0.4, 0.5) is 11.4 Å². The molecule has 4 heteroatoms. The lowest BCUT2D eigenvalue weighted by molar-refractivity contribution is 0.0992. The first-order valence-electron chi connectivity index (χ1n) is 12.5. The zero-order chi connectivity index (χ0) is 26.5. The standard InChI is InChI=1S/C34H28N2O2/c1-35(31-20-16-27(17-21-31)25-10-5-3-6-11-25)33(37)29-14-9-15-30(24-29)34(38)36(2)32-22-18-28(19-23-32)26-12-7-4-8-13-26/h3-24H,1-2H3. The number of carbonyl (C=O) groups is 2. The van der Waals surface area contributed by atoms with E-state index in [0.29, 0.717) is 11.1 Å². The molecule has 0 aliphatic rings. The summed E-state index contributed by atoms with van der Waals surface area (Å²) in [7, 11) is 3.49. The van der Waals surface area contributed by atoms with Crippen LogP contribution in [0.1, 0.15) is 20.7 Å². The predicted molar refractivity (Wildman–Crippen MR) is 156 cm³/mol. The molecule has 0 fully saturated rings. The number of carbonyl (C=O) groups excluding carboxylic acids is 2. The minimum Gasteiger partial charge on any atom is -0.311 e. The van der Waals surface area contributed by atoms with Crippen LogP contribution in [0.5, 0.6) is 0 Å². The number of amides is 2. The Morgan fingerprint density at radius 3 is 1.13 bits per heavy atom. The highest BCUT2D eigenvalue weighted by molar-refractivity contribution is 6.10. The normalized spacial score (nSPS) is 10.6. The molecule has 0 aliphatic carbocycles. The summed E-state index contributed by atoms with van der Waals surface area (Å²) in [5.41, 5.74) is 6.89. The average molecular weight is 497 g/mol. The molecule has 0 atom stereocenters. The number of hydrogen-bond acceptors (Lipinski definition) is 2. The van der Waals surface area contributed by atoms with Crippen molar-refractivity contribution in [2.75, 3.05) is 23.9 Å². The van der Waals surface area contributed by atoms with Gasteiger partial charge in [-0.3, -0.25) is 9.59 Å². The molecule has 0 spiro atoms. The molecular formula is C34H28N2O2. The lowest BCUT2D eigenvalue weighted by Gasteiger charge is -2.20. The number of benzene rings is 5. The maximum Gasteiger partial charge on any atom is 0.258 e. The number of anilines is 2. The van der Waals surface area contributed by atoms with Crippen molar-refractivity contribution < 1.29 is 9.59 Å². The third kappa shape index (κ3) is 5.25. The lowest BCUT2D eigenvalue weighted by Crippen LogP contribution is -2.28. The molecule has 4 nitrogen and oxygen atoms in total. The van der Waals surface area contributed by atoms with Gasteiger partial charge in [-0.2, -0.15) is 0 Å². The maximum atomic E-state index is 13.3. The fourth-order valence-corrected chi connectivity index (χ4v) is 4.42. The lowest BCUT2D eigenvalue weighted by atomic mass is 10.0. The van der Waals surface area contributed by atoms with Gasteiger partial charge in [0.05, 0.1) is 0 Å². The van der Waals surface area contributed by atoms with Gasteiger partial charge in [0.1, 0.15) is 0 Å². The molecule has 5 rings (SSSR count). The molecule has 5 aromatic rings. The Kier molecular flexibility index (Phi) is 7.14. The second-order valence-corrected chi connectivity index (χ2v) is 9.13. The van der Waals surface area contributed by atoms with E-state index in [4.69, 9.17) is 0 Å². The minimum absolute atomic E-state index is 0.179. The van der Waals surface area contributed by atoms with Crippen LogP contribution in [0, 0.1) is 0 Å². The van der Waals surface area contributed by atoms with E-state index < -0.39 is 0 Å². The number of rotatable bonds is 6. The number of nitrogens with zero attached hydrogens (tertiary/aromatic N) is 2. The van der Waals surface area contributed by atoms with Gasteiger partial charge in [0, 0.05) is 36.6 Å². The first kappa shape index (κ1) is 24.7. The van der Waals surface area contributed by atoms with Gasteiger partial charge in [-0.1, -0.05) is 91.0 Å². The summed E-state index contributed by atoms with van der Waals surface area (Å²) in [4.78, 5) is 29.8. The third-order valence-electron chi connectivity index (χ3n) is 6.69. The van der Waals surface area contributed by atoms with E-state index in [-0.39, 0.29) is 11.8 Å². The predicted octanol–water partition coefficient (Wildman–Crippen LogP) is 7.57. The molecule has 186 valence electrons. The zero-order valence-electron chi connectivity index (χ0n) is 21.4. The summed E-state index contributed by atoms with van der Waals surface area (Å²) >= 11 is 0. The van der Waals surface area contributed by atoms with Crippen molar-refractivity contribution in [1.82, 2.24) is 0 Å². The van der Waals surface area contributed by atoms with Crippen LogP contribution in [0.3, 0.4) is 0 Å². The van der Waals surface area contributed by atoms with Crippen molar-refractivity contribution in [3.63, 3.8) is 0 Å². The quantitative estimate of drug-likeness (QED) is 0.243. The van der Waals surface area contributed by atoms with E-state index in [1.807, 2.05) is 84.9 Å². The van der Waals surface area contributed by atoms with Crippen LogP contribution >= 0.6 is 0 Å². The van der Waals surface area contributed by atoms with Crippen molar-refractivity contribution in [3.05, 3.63) is 145 Å². The van der Waals surface area contributed by atoms with Crippen LogP contribution in [0.15, 0.2) is 133 Å². The van der Waals surface area contributed by atoms with Crippen LogP contribution in [0.2, 0.25) is 0 Å². The Bertz CT molecular complexity index is 1430. The molecular weight excluding hydrogens is 468 g/mol. The SMILES string of the molecule is CN(C(=O)c1cccc(C(=O)N(C)c2ccc(-c3ccccc3)cc2)c1)c1ccc(-c2ccccc2)cc1. The Morgan fingerprint density at radius 2 is 0.763 bits per heavy atom. The molecule has 0 aromatic heterocycles. The Hall–Kier alpha value is -4.96. The van der Waals surface area contributed by atoms with Gasteiger partial charge in [-0.15, -0.1) is 0 Å². The van der Waals surface area contributed by atoms with Crippen LogP contribution in [0.25, 0.3) is 22.3 Å². The highest BCUT2D eigenvalue weighted by atomic mass is 16.2. The summed E-state index contributed by atoms with van der Waals surface area (Å²) in [5, 5.41) is 0. The summed E-state index contributed by atoms with van der Waals surface area (Å²) < 4.78 is 0. The molecule has 5 aromatic carbocycles. The van der Waals surface area contributed by atoms with Gasteiger partial charge >= 0.3 is 0 Å². The van der Waals surface area contributed by atoms with Crippen LogP contribution in [-0.4, -0.2) is 25.9 Å². The maximum absolute atomic E-state index is 13.3. The molecule has 0 bridgehead atoms. The van der Waals surface area contributed by atoms with E-state index in [9.17, 15) is 9.59 Å². The summed E-state index contributed by atoms with van der Waals surface area (Å²) in [6.07, 6.45) is 0. The number of hydrogen-bond donors (Lipinski definition) is 0. The van der Waals surface area contributed by atoms with Crippen molar-refractivity contribution in [2.45, 2.75) is 0 Å². The summed E-state index contributed by atoms with van der Waals surface area (Å²) in [5.74, 6) is -0.357. The molecule has 0 aliphatic heterocycles. The van der Waals surface area contributed by atoms with Crippen LogP contribution in [-0.2, 0) is 0 Å². The zero-order valence-corrected chi connectivity index (χ0v) is 21.4. The van der Waals surface area contributed by atoms with Crippen LogP contribution < -0.4 is 9.80 Å². The molecule has 2 amide bonds. The molecule has 0 radical (unpaired) electrons. The van der Waals surface area contributed by atoms with Gasteiger partial charge in [-0.05, 0) is 64.7 Å². The average Bonchev–Trinajstić information content (AvgIpc) is 3.00. The third-order valence-corrected chi connectivity index (χ3v) is 6.69. The molecule has 0 unspecified atom stereocenters. The second kappa shape index (κ2) is 11.0. The van der Waals surface area contributed by atoms with Gasteiger partial charge < -0.3 is 9.80 Å². The van der Waals surface area contributed by atoms with E-state index in [2.05, 4.69) is 24.3 Å². The van der Waals surface area contributed by atoms with Crippen molar-refractivity contribution in [1.29, 1.82) is 0 Å². The second-order valence-electron chi connectivity index (χ2n) is 9.13. The Morgan fingerprint density at radius 1 is 0.421 bits per heavy atom. The highest BCUT2D eigenvalue weighted by Gasteiger charge is 2.18. The van der Waals surface area contributed by atoms with Gasteiger partial charge in [0.2, 0.25) is 0 Å². The largest absolute Gasteiger partial charge is 0.311 e. The first-order valence-corrected chi connectivity index (χ1v) is 12.5. The summed E-state index contributed by atoms with van der Waals surface area (Å²) in [6.45, 7) is 0. The molecule has 0 N–H and O–H groups in total. The Balaban J connectivity index is 1.30. The fraction of sp³-hybridized carbons (Fsp3) is 0.0588. The van der Waals surface area contributed by atoms with Gasteiger partial charge in [0.15, 0.2) is 0 Å². The molecule has 0 saturated heterocycles. The van der Waals surface area contributed by atoms with Crippen molar-refractivity contribution in [3.8, 4) is 22.3 Å². The van der Waals surface area contributed by atoms with E-state index in [1.54, 1.807) is 48.2 Å². The molecule has 0 heterocycles. The van der Waals surface area contributed by atoms with Crippen molar-refractivity contribution in [2.24, 2.45) is 0 Å². The highest BCUT2D eigenvalue weighted by Crippen LogP contribution is 2.25. The monoisotopic (exact) mass is 496 g/mol. The van der Waals surface area contributed by atoms with E-state index in [0.717, 1.165) is 33.6 Å².